The molecule has 1 atom stereocenters. The van der Waals surface area contributed by atoms with Gasteiger partial charge < -0.3 is 19.5 Å². The van der Waals surface area contributed by atoms with E-state index < -0.39 is 0 Å². The molecule has 3 heterocycles. The minimum absolute atomic E-state index is 0.0341. The van der Waals surface area contributed by atoms with E-state index in [-0.39, 0.29) is 12.0 Å². The third kappa shape index (κ3) is 3.58. The monoisotopic (exact) mass is 365 g/mol. The Hall–Kier alpha value is -3.09. The lowest BCUT2D eigenvalue weighted by atomic mass is 10.1. The predicted molar refractivity (Wildman–Crippen MR) is 104 cm³/mol. The molecule has 7 heteroatoms. The third-order valence-corrected chi connectivity index (χ3v) is 4.82. The number of H-pyrrole nitrogens is 1. The molecule has 0 radical (unpaired) electrons. The fraction of sp³-hybridized carbons (Fsp3) is 0.350. The quantitative estimate of drug-likeness (QED) is 0.769. The maximum Gasteiger partial charge on any atom is 0.257 e. The number of anilines is 1. The molecule has 0 saturated carbocycles. The number of nitrogens with zero attached hydrogens (tertiary/aromatic N) is 4. The van der Waals surface area contributed by atoms with Crippen LogP contribution in [0.2, 0.25) is 0 Å². The lowest BCUT2D eigenvalue weighted by Gasteiger charge is -2.33. The molecule has 1 aliphatic rings. The van der Waals surface area contributed by atoms with E-state index in [1.54, 1.807) is 12.4 Å². The highest BCUT2D eigenvalue weighted by Gasteiger charge is 2.27. The van der Waals surface area contributed by atoms with Gasteiger partial charge in [-0.25, -0.2) is 9.97 Å². The minimum Gasteiger partial charge on any atom is -0.470 e. The lowest BCUT2D eigenvalue weighted by Crippen LogP contribution is -2.44. The van der Waals surface area contributed by atoms with Gasteiger partial charge in [0.25, 0.3) is 11.8 Å². The molecule has 3 aromatic rings. The molecule has 1 amide bonds. The van der Waals surface area contributed by atoms with Crippen molar-refractivity contribution in [2.75, 3.05) is 32.1 Å². The van der Waals surface area contributed by atoms with Gasteiger partial charge in [-0.3, -0.25) is 4.79 Å². The normalized spacial score (nSPS) is 17.1. The van der Waals surface area contributed by atoms with Crippen molar-refractivity contribution in [3.05, 3.63) is 48.4 Å². The fourth-order valence-corrected chi connectivity index (χ4v) is 3.45. The Morgan fingerprint density at radius 3 is 2.96 bits per heavy atom. The van der Waals surface area contributed by atoms with Gasteiger partial charge >= 0.3 is 0 Å². The van der Waals surface area contributed by atoms with E-state index in [1.807, 2.05) is 54.4 Å². The highest BCUT2D eigenvalue weighted by atomic mass is 16.5. The number of ether oxygens (including phenoxy) is 1. The van der Waals surface area contributed by atoms with Crippen LogP contribution in [0.5, 0.6) is 5.88 Å². The first-order valence-electron chi connectivity index (χ1n) is 9.13. The number of likely N-dealkylation sites (tertiary alicyclic amines) is 1. The van der Waals surface area contributed by atoms with E-state index >= 15 is 0 Å². The first-order valence-corrected chi connectivity index (χ1v) is 9.13. The number of hydrogen-bond acceptors (Lipinski definition) is 5. The first kappa shape index (κ1) is 17.3. The zero-order valence-corrected chi connectivity index (χ0v) is 15.6. The number of rotatable bonds is 4. The molecule has 1 fully saturated rings. The maximum atomic E-state index is 13.0. The molecule has 1 aromatic carbocycles. The molecular formula is C20H23N5O2. The third-order valence-electron chi connectivity index (χ3n) is 4.82. The number of hydrogen-bond donors (Lipinski definition) is 1. The fourth-order valence-electron chi connectivity index (χ4n) is 3.45. The van der Waals surface area contributed by atoms with Crippen LogP contribution in [-0.4, -0.2) is 59.0 Å². The summed E-state index contributed by atoms with van der Waals surface area (Å²) in [5.74, 6) is 1.24. The van der Waals surface area contributed by atoms with E-state index in [2.05, 4.69) is 15.0 Å². The van der Waals surface area contributed by atoms with Gasteiger partial charge in [0, 0.05) is 50.3 Å². The van der Waals surface area contributed by atoms with Crippen LogP contribution >= 0.6 is 0 Å². The van der Waals surface area contributed by atoms with Gasteiger partial charge in [0.2, 0.25) is 0 Å². The summed E-state index contributed by atoms with van der Waals surface area (Å²) in [4.78, 5) is 28.5. The number of aromatic amines is 1. The number of carbonyl (C=O) groups is 1. The Balaban J connectivity index is 1.48. The maximum absolute atomic E-state index is 13.0. The number of benzene rings is 1. The molecule has 7 nitrogen and oxygen atoms in total. The molecule has 0 spiro atoms. The van der Waals surface area contributed by atoms with Crippen LogP contribution in [0.25, 0.3) is 10.9 Å². The van der Waals surface area contributed by atoms with Crippen molar-refractivity contribution in [2.45, 2.75) is 18.9 Å². The van der Waals surface area contributed by atoms with Crippen LogP contribution in [0.4, 0.5) is 5.82 Å². The summed E-state index contributed by atoms with van der Waals surface area (Å²) < 4.78 is 6.11. The van der Waals surface area contributed by atoms with Gasteiger partial charge in [-0.2, -0.15) is 0 Å². The van der Waals surface area contributed by atoms with Crippen molar-refractivity contribution in [3.63, 3.8) is 0 Å². The Morgan fingerprint density at radius 1 is 1.26 bits per heavy atom. The molecule has 27 heavy (non-hydrogen) atoms. The van der Waals surface area contributed by atoms with Gasteiger partial charge in [-0.1, -0.05) is 6.07 Å². The molecule has 0 aliphatic carbocycles. The number of fused-ring (bicyclic) bond motifs is 1. The Bertz CT molecular complexity index is 952. The second-order valence-corrected chi connectivity index (χ2v) is 6.99. The van der Waals surface area contributed by atoms with Crippen LogP contribution in [0.3, 0.4) is 0 Å². The minimum atomic E-state index is -0.0904. The van der Waals surface area contributed by atoms with Crippen molar-refractivity contribution >= 4 is 22.6 Å². The van der Waals surface area contributed by atoms with E-state index in [9.17, 15) is 4.79 Å². The lowest BCUT2D eigenvalue weighted by molar-refractivity contribution is 0.0528. The smallest absolute Gasteiger partial charge is 0.257 e. The van der Waals surface area contributed by atoms with Gasteiger partial charge in [0.15, 0.2) is 5.82 Å². The topological polar surface area (TPSA) is 74.3 Å². The molecule has 2 aromatic heterocycles. The van der Waals surface area contributed by atoms with Crippen LogP contribution in [0, 0.1) is 0 Å². The van der Waals surface area contributed by atoms with Crippen molar-refractivity contribution in [1.29, 1.82) is 0 Å². The average molecular weight is 365 g/mol. The summed E-state index contributed by atoms with van der Waals surface area (Å²) in [6, 6.07) is 7.77. The standard InChI is InChI=1S/C20H23N5O2/c1-24(2)18-19(23-10-9-22-18)27-16-4-3-11-25(13-16)20(26)15-6-5-14-7-8-21-17(14)12-15/h5-10,12,16,21H,3-4,11,13H2,1-2H3. The largest absolute Gasteiger partial charge is 0.470 e. The summed E-state index contributed by atoms with van der Waals surface area (Å²) in [7, 11) is 3.81. The molecule has 140 valence electrons. The van der Waals surface area contributed by atoms with Crippen molar-refractivity contribution in [2.24, 2.45) is 0 Å². The first-order chi connectivity index (χ1) is 13.1. The second-order valence-electron chi connectivity index (χ2n) is 6.99. The zero-order valence-electron chi connectivity index (χ0n) is 15.6. The average Bonchev–Trinajstić information content (AvgIpc) is 3.15. The SMILES string of the molecule is CN(C)c1nccnc1OC1CCCN(C(=O)c2ccc3cc[nH]c3c2)C1. The molecule has 1 saturated heterocycles. The number of nitrogens with one attached hydrogen (secondary N) is 1. The predicted octanol–water partition coefficient (Wildman–Crippen LogP) is 2.71. The van der Waals surface area contributed by atoms with E-state index in [0.29, 0.717) is 23.8 Å². The van der Waals surface area contributed by atoms with Gasteiger partial charge in [-0.15, -0.1) is 0 Å². The van der Waals surface area contributed by atoms with Crippen molar-refractivity contribution in [1.82, 2.24) is 19.9 Å². The van der Waals surface area contributed by atoms with Gasteiger partial charge in [0.05, 0.1) is 6.54 Å². The second kappa shape index (κ2) is 7.26. The molecule has 4 rings (SSSR count). The van der Waals surface area contributed by atoms with Crippen LogP contribution in [0.15, 0.2) is 42.9 Å². The summed E-state index contributed by atoms with van der Waals surface area (Å²) >= 11 is 0. The molecule has 1 unspecified atom stereocenters. The summed E-state index contributed by atoms with van der Waals surface area (Å²) in [5, 5.41) is 1.10. The number of piperidine rings is 1. The molecular weight excluding hydrogens is 342 g/mol. The van der Waals surface area contributed by atoms with E-state index in [0.717, 1.165) is 30.3 Å². The molecule has 1 N–H and O–H groups in total. The highest BCUT2D eigenvalue weighted by molar-refractivity contribution is 5.98. The Kier molecular flexibility index (Phi) is 4.66. The van der Waals surface area contributed by atoms with Gasteiger partial charge in [0.1, 0.15) is 6.10 Å². The van der Waals surface area contributed by atoms with E-state index in [4.69, 9.17) is 4.74 Å². The van der Waals surface area contributed by atoms with E-state index in [1.165, 1.54) is 0 Å². The zero-order chi connectivity index (χ0) is 18.8. The number of carbonyl (C=O) groups excluding carboxylic acids is 1. The summed E-state index contributed by atoms with van der Waals surface area (Å²) in [5.41, 5.74) is 1.67. The Morgan fingerprint density at radius 2 is 2.11 bits per heavy atom. The van der Waals surface area contributed by atoms with Crippen LogP contribution in [-0.2, 0) is 0 Å². The van der Waals surface area contributed by atoms with Crippen molar-refractivity contribution < 1.29 is 9.53 Å². The number of aromatic nitrogens is 3. The molecule has 1 aliphatic heterocycles. The van der Waals surface area contributed by atoms with Gasteiger partial charge in [-0.05, 0) is 36.4 Å². The van der Waals surface area contributed by atoms with Crippen LogP contribution < -0.4 is 9.64 Å². The highest BCUT2D eigenvalue weighted by Crippen LogP contribution is 2.25. The van der Waals surface area contributed by atoms with Crippen LogP contribution in [0.1, 0.15) is 23.2 Å². The Labute approximate surface area is 158 Å². The summed E-state index contributed by atoms with van der Waals surface area (Å²) in [6.45, 7) is 1.29. The summed E-state index contributed by atoms with van der Waals surface area (Å²) in [6.07, 6.45) is 6.86. The molecule has 0 bridgehead atoms. The van der Waals surface area contributed by atoms with Crippen molar-refractivity contribution in [3.8, 4) is 5.88 Å². The number of amides is 1.